The zero-order valence-electron chi connectivity index (χ0n) is 18.7. The summed E-state index contributed by atoms with van der Waals surface area (Å²) in [5, 5.41) is 1.35. The number of carbonyl (C=O) groups is 1. The number of nitrogens with one attached hydrogen (secondary N) is 1. The smallest absolute Gasteiger partial charge is 0.428 e. The van der Waals surface area contributed by atoms with Gasteiger partial charge in [0.25, 0.3) is 0 Å². The molecule has 3 aromatic rings. The first-order chi connectivity index (χ1) is 17.1. The maximum Gasteiger partial charge on any atom is 0.528 e. The van der Waals surface area contributed by atoms with Gasteiger partial charge in [-0.3, -0.25) is 14.1 Å². The molecule has 9 nitrogen and oxygen atoms in total. The van der Waals surface area contributed by atoms with Crippen molar-refractivity contribution in [1.82, 2.24) is 14.9 Å². The molecular weight excluding hydrogens is 510 g/mol. The second-order valence-corrected chi connectivity index (χ2v) is 9.54. The number of fused-ring (bicyclic) bond motifs is 1. The minimum atomic E-state index is -4.73. The number of alkyl halides is 3. The topological polar surface area (TPSA) is 105 Å². The minimum absolute atomic E-state index is 0.158. The summed E-state index contributed by atoms with van der Waals surface area (Å²) in [4.78, 5) is 33.3. The summed E-state index contributed by atoms with van der Waals surface area (Å²) in [7, 11) is -1.31. The first-order valence-electron chi connectivity index (χ1n) is 10.8. The third kappa shape index (κ3) is 6.71. The molecule has 1 N–H and O–H groups in total. The minimum Gasteiger partial charge on any atom is -0.428 e. The van der Waals surface area contributed by atoms with E-state index in [2.05, 4.69) is 4.98 Å². The molecule has 0 bridgehead atoms. The quantitative estimate of drug-likeness (QED) is 0.366. The van der Waals surface area contributed by atoms with Crippen molar-refractivity contribution in [3.63, 3.8) is 0 Å². The van der Waals surface area contributed by atoms with Crippen molar-refractivity contribution in [1.29, 1.82) is 0 Å². The van der Waals surface area contributed by atoms with Gasteiger partial charge in [-0.1, -0.05) is 0 Å². The lowest BCUT2D eigenvalue weighted by molar-refractivity contribution is -0.147. The number of nitrogens with zero attached hydrogens (tertiary/aromatic N) is 2. The SMILES string of the molecule is O=C(OCc1cc(F)cc(C(F)(F)F)c1)ON1CCN(CCS(=O)c2ccc3[nH]c(=O)oc3c2)CC1. The van der Waals surface area contributed by atoms with Crippen LogP contribution in [0.1, 0.15) is 11.1 Å². The summed E-state index contributed by atoms with van der Waals surface area (Å²) >= 11 is 0. The lowest BCUT2D eigenvalue weighted by Crippen LogP contribution is -2.47. The van der Waals surface area contributed by atoms with Gasteiger partial charge in [0.05, 0.1) is 21.9 Å². The number of aromatic nitrogens is 1. The fourth-order valence-electron chi connectivity index (χ4n) is 3.61. The predicted octanol–water partition coefficient (Wildman–Crippen LogP) is 3.27. The van der Waals surface area contributed by atoms with Crippen LogP contribution >= 0.6 is 0 Å². The van der Waals surface area contributed by atoms with E-state index in [1.165, 1.54) is 5.06 Å². The molecule has 1 aliphatic rings. The van der Waals surface area contributed by atoms with Crippen LogP contribution in [0.5, 0.6) is 0 Å². The number of aromatic amines is 1. The average Bonchev–Trinajstić information content (AvgIpc) is 3.20. The van der Waals surface area contributed by atoms with Crippen LogP contribution in [0.2, 0.25) is 0 Å². The number of hydrogen-bond acceptors (Lipinski definition) is 8. The Labute approximate surface area is 204 Å². The molecular formula is C22H21F4N3O6S. The number of carbonyl (C=O) groups excluding carboxylic acids is 1. The van der Waals surface area contributed by atoms with Gasteiger partial charge in [-0.15, -0.1) is 5.06 Å². The van der Waals surface area contributed by atoms with Gasteiger partial charge in [-0.25, -0.2) is 14.0 Å². The number of H-pyrrole nitrogens is 1. The van der Waals surface area contributed by atoms with Crippen molar-refractivity contribution in [3.05, 3.63) is 63.9 Å². The second kappa shape index (κ2) is 10.8. The zero-order chi connectivity index (χ0) is 25.9. The van der Waals surface area contributed by atoms with E-state index in [1.807, 2.05) is 4.90 Å². The van der Waals surface area contributed by atoms with Crippen molar-refractivity contribution in [2.75, 3.05) is 38.5 Å². The van der Waals surface area contributed by atoms with E-state index in [4.69, 9.17) is 14.0 Å². The molecule has 0 saturated carbocycles. The largest absolute Gasteiger partial charge is 0.528 e. The second-order valence-electron chi connectivity index (χ2n) is 7.97. The number of hydrogen-bond donors (Lipinski definition) is 1. The summed E-state index contributed by atoms with van der Waals surface area (Å²) in [5.74, 6) is -1.33. The lowest BCUT2D eigenvalue weighted by atomic mass is 10.1. The van der Waals surface area contributed by atoms with Crippen LogP contribution < -0.4 is 5.76 Å². The summed E-state index contributed by atoms with van der Waals surface area (Å²) in [6, 6.07) is 6.76. The first kappa shape index (κ1) is 25.9. The van der Waals surface area contributed by atoms with Gasteiger partial charge in [0, 0.05) is 43.4 Å². The van der Waals surface area contributed by atoms with Crippen LogP contribution in [0.25, 0.3) is 11.1 Å². The number of rotatable bonds is 7. The summed E-state index contributed by atoms with van der Waals surface area (Å²) in [5.41, 5.74) is -0.475. The zero-order valence-corrected chi connectivity index (χ0v) is 19.5. The number of oxazole rings is 1. The van der Waals surface area contributed by atoms with Gasteiger partial charge in [0.1, 0.15) is 12.4 Å². The van der Waals surface area contributed by atoms with Crippen molar-refractivity contribution in [2.24, 2.45) is 0 Å². The Kier molecular flexibility index (Phi) is 7.76. The van der Waals surface area contributed by atoms with Gasteiger partial charge in [-0.05, 0) is 42.0 Å². The maximum absolute atomic E-state index is 13.4. The number of ether oxygens (including phenoxy) is 1. The van der Waals surface area contributed by atoms with Crippen molar-refractivity contribution < 1.29 is 40.6 Å². The fourth-order valence-corrected chi connectivity index (χ4v) is 4.73. The van der Waals surface area contributed by atoms with Crippen LogP contribution in [0.3, 0.4) is 0 Å². The monoisotopic (exact) mass is 531 g/mol. The molecule has 1 atom stereocenters. The third-order valence-electron chi connectivity index (χ3n) is 5.42. The molecule has 36 heavy (non-hydrogen) atoms. The van der Waals surface area contributed by atoms with Gasteiger partial charge in [0.15, 0.2) is 5.58 Å². The molecule has 1 fully saturated rings. The Bertz CT molecular complexity index is 1320. The van der Waals surface area contributed by atoms with E-state index < -0.39 is 46.9 Å². The molecule has 1 aliphatic heterocycles. The molecule has 4 rings (SSSR count). The maximum atomic E-state index is 13.4. The Morgan fingerprint density at radius 3 is 2.58 bits per heavy atom. The highest BCUT2D eigenvalue weighted by atomic mass is 32.2. The average molecular weight is 531 g/mol. The molecule has 1 saturated heterocycles. The van der Waals surface area contributed by atoms with Crippen molar-refractivity contribution in [2.45, 2.75) is 17.7 Å². The van der Waals surface area contributed by atoms with E-state index in [0.29, 0.717) is 66.6 Å². The van der Waals surface area contributed by atoms with E-state index in [0.717, 1.165) is 6.07 Å². The summed E-state index contributed by atoms with van der Waals surface area (Å²) in [6.07, 6.45) is -5.84. The van der Waals surface area contributed by atoms with Crippen LogP contribution in [-0.2, 0) is 33.2 Å². The Morgan fingerprint density at radius 2 is 1.86 bits per heavy atom. The molecule has 2 heterocycles. The number of hydroxylamine groups is 2. The highest BCUT2D eigenvalue weighted by Gasteiger charge is 2.31. The first-order valence-corrected chi connectivity index (χ1v) is 12.1. The van der Waals surface area contributed by atoms with Gasteiger partial charge < -0.3 is 14.0 Å². The molecule has 0 aliphatic carbocycles. The van der Waals surface area contributed by atoms with E-state index in [1.54, 1.807) is 18.2 Å². The van der Waals surface area contributed by atoms with Crippen LogP contribution in [0, 0.1) is 5.82 Å². The van der Waals surface area contributed by atoms with Crippen LogP contribution in [0.15, 0.2) is 50.5 Å². The predicted molar refractivity (Wildman–Crippen MR) is 119 cm³/mol. The number of benzene rings is 2. The Hall–Kier alpha value is -3.23. The van der Waals surface area contributed by atoms with Gasteiger partial charge >= 0.3 is 18.1 Å². The highest BCUT2D eigenvalue weighted by Crippen LogP contribution is 2.30. The van der Waals surface area contributed by atoms with Crippen molar-refractivity contribution >= 4 is 28.1 Å². The molecule has 194 valence electrons. The molecule has 1 unspecified atom stereocenters. The van der Waals surface area contributed by atoms with Crippen LogP contribution in [0.4, 0.5) is 22.4 Å². The molecule has 2 aromatic carbocycles. The number of halogens is 4. The van der Waals surface area contributed by atoms with E-state index in [9.17, 15) is 31.4 Å². The molecule has 0 amide bonds. The Morgan fingerprint density at radius 1 is 1.11 bits per heavy atom. The molecule has 0 radical (unpaired) electrons. The standard InChI is InChI=1S/C22H21F4N3O6S/c23-16-10-14(9-15(11-16)22(24,25)26)13-33-21(31)35-29-5-3-28(4-6-29)7-8-36(32)17-1-2-18-19(12-17)34-20(30)27-18/h1-2,9-12H,3-8,13H2,(H,27,30). The third-order valence-corrected chi connectivity index (χ3v) is 6.76. The van der Waals surface area contributed by atoms with E-state index in [-0.39, 0.29) is 5.56 Å². The fraction of sp³-hybridized carbons (Fsp3) is 0.364. The van der Waals surface area contributed by atoms with Crippen LogP contribution in [-0.4, -0.2) is 63.8 Å². The number of piperazine rings is 1. The van der Waals surface area contributed by atoms with Gasteiger partial charge in [-0.2, -0.15) is 13.2 Å². The normalized spacial score (nSPS) is 16.2. The Balaban J connectivity index is 1.19. The highest BCUT2D eigenvalue weighted by molar-refractivity contribution is 7.85. The van der Waals surface area contributed by atoms with E-state index >= 15 is 0 Å². The summed E-state index contributed by atoms with van der Waals surface area (Å²) < 4.78 is 74.2. The van der Waals surface area contributed by atoms with Crippen molar-refractivity contribution in [3.8, 4) is 0 Å². The molecule has 14 heteroatoms. The summed E-state index contributed by atoms with van der Waals surface area (Å²) in [6.45, 7) is 1.62. The lowest BCUT2D eigenvalue weighted by Gasteiger charge is -2.32. The molecule has 0 spiro atoms. The molecule has 1 aromatic heterocycles. The van der Waals surface area contributed by atoms with Gasteiger partial charge in [0.2, 0.25) is 0 Å².